The summed E-state index contributed by atoms with van der Waals surface area (Å²) in [6.07, 6.45) is 6.96. The van der Waals surface area contributed by atoms with E-state index in [1.165, 1.54) is 0 Å². The van der Waals surface area contributed by atoms with Crippen molar-refractivity contribution in [2.75, 3.05) is 0 Å². The standard InChI is InChI=1S/C21H20N2O2/c1-13-14(2)23-11-10-17-19(20(23)22-13)25-18(15-6-4-3-5-7-15)12-21(17,24)16-8-9-16/h3-7,10-11,16,18,24H,8-9H2,1-2H3/t18-,21-/m1/s1. The second-order valence-corrected chi connectivity index (χ2v) is 7.13. The fourth-order valence-electron chi connectivity index (χ4n) is 3.77. The Morgan fingerprint density at radius 2 is 1.96 bits per heavy atom. The molecule has 1 aliphatic carbocycles. The molecular weight excluding hydrogens is 312 g/mol. The van der Waals surface area contributed by atoms with Crippen molar-refractivity contribution in [1.82, 2.24) is 9.38 Å². The summed E-state index contributed by atoms with van der Waals surface area (Å²) in [5, 5.41) is 11.5. The van der Waals surface area contributed by atoms with E-state index in [0.717, 1.165) is 41.0 Å². The third-order valence-corrected chi connectivity index (χ3v) is 5.49. The lowest BCUT2D eigenvalue weighted by Gasteiger charge is -2.38. The van der Waals surface area contributed by atoms with Crippen LogP contribution in [0.5, 0.6) is 5.75 Å². The number of hydrogen-bond donors (Lipinski definition) is 1. The van der Waals surface area contributed by atoms with Gasteiger partial charge in [0.2, 0.25) is 0 Å². The van der Waals surface area contributed by atoms with Crippen LogP contribution in [0.3, 0.4) is 0 Å². The summed E-state index contributed by atoms with van der Waals surface area (Å²) in [5.74, 6) is 0.890. The first-order valence-corrected chi connectivity index (χ1v) is 8.78. The van der Waals surface area contributed by atoms with Crippen molar-refractivity contribution >= 4 is 5.65 Å². The minimum Gasteiger partial charge on any atom is -0.481 e. The molecule has 1 fully saturated rings. The van der Waals surface area contributed by atoms with Crippen LogP contribution in [0.25, 0.3) is 5.65 Å². The molecule has 1 saturated carbocycles. The van der Waals surface area contributed by atoms with Crippen LogP contribution in [-0.2, 0) is 5.60 Å². The van der Waals surface area contributed by atoms with Gasteiger partial charge in [-0.25, -0.2) is 4.98 Å². The highest BCUT2D eigenvalue weighted by Crippen LogP contribution is 2.55. The van der Waals surface area contributed by atoms with Crippen LogP contribution >= 0.6 is 0 Å². The molecule has 2 aliphatic rings. The zero-order chi connectivity index (χ0) is 17.2. The molecule has 0 saturated heterocycles. The number of hydrogen-bond acceptors (Lipinski definition) is 3. The zero-order valence-corrected chi connectivity index (χ0v) is 14.4. The molecule has 3 aromatic rings. The van der Waals surface area contributed by atoms with E-state index in [2.05, 4.69) is 6.42 Å². The summed E-state index contributed by atoms with van der Waals surface area (Å²) in [5.41, 5.74) is 3.54. The monoisotopic (exact) mass is 332 g/mol. The first-order chi connectivity index (χ1) is 12.1. The number of fused-ring (bicyclic) bond motifs is 3. The van der Waals surface area contributed by atoms with Gasteiger partial charge in [-0.1, -0.05) is 30.3 Å². The number of aryl methyl sites for hydroxylation is 2. The molecular formula is C21H20N2O2. The number of imidazole rings is 1. The number of aliphatic hydroxyl groups is 1. The van der Waals surface area contributed by atoms with Crippen molar-refractivity contribution in [2.24, 2.45) is 5.92 Å². The molecule has 0 spiro atoms. The van der Waals surface area contributed by atoms with Crippen LogP contribution in [0, 0.1) is 26.2 Å². The lowest BCUT2D eigenvalue weighted by molar-refractivity contribution is 0.00315. The maximum absolute atomic E-state index is 11.5. The third-order valence-electron chi connectivity index (χ3n) is 5.49. The van der Waals surface area contributed by atoms with E-state index in [-0.39, 0.29) is 5.92 Å². The maximum atomic E-state index is 11.5. The topological polar surface area (TPSA) is 46.8 Å². The molecule has 126 valence electrons. The van der Waals surface area contributed by atoms with Crippen molar-refractivity contribution in [3.8, 4) is 5.75 Å². The molecule has 2 radical (unpaired) electrons. The molecule has 5 rings (SSSR count). The minimum absolute atomic E-state index is 0.209. The lowest BCUT2D eigenvalue weighted by Crippen LogP contribution is -2.37. The average Bonchev–Trinajstić information content (AvgIpc) is 3.44. The normalized spacial score (nSPS) is 25.6. The van der Waals surface area contributed by atoms with Crippen molar-refractivity contribution in [3.63, 3.8) is 0 Å². The fraction of sp³-hybridized carbons (Fsp3) is 0.333. The van der Waals surface area contributed by atoms with Gasteiger partial charge < -0.3 is 14.2 Å². The van der Waals surface area contributed by atoms with E-state index in [4.69, 9.17) is 9.72 Å². The number of pyridine rings is 1. The molecule has 3 heterocycles. The van der Waals surface area contributed by atoms with Crippen LogP contribution in [0.1, 0.15) is 41.5 Å². The zero-order valence-electron chi connectivity index (χ0n) is 14.4. The quantitative estimate of drug-likeness (QED) is 0.777. The predicted octanol–water partition coefficient (Wildman–Crippen LogP) is 3.76. The number of aromatic nitrogens is 2. The van der Waals surface area contributed by atoms with Gasteiger partial charge in [-0.05, 0) is 44.2 Å². The average molecular weight is 332 g/mol. The van der Waals surface area contributed by atoms with Crippen molar-refractivity contribution in [2.45, 2.75) is 38.4 Å². The van der Waals surface area contributed by atoms with Gasteiger partial charge in [-0.2, -0.15) is 0 Å². The Labute approximate surface area is 147 Å². The molecule has 1 N–H and O–H groups in total. The molecule has 2 atom stereocenters. The van der Waals surface area contributed by atoms with Crippen LogP contribution in [-0.4, -0.2) is 14.5 Å². The van der Waals surface area contributed by atoms with Gasteiger partial charge in [0.05, 0.1) is 12.1 Å². The summed E-state index contributed by atoms with van der Waals surface area (Å²) in [4.78, 5) is 4.70. The van der Waals surface area contributed by atoms with Crippen LogP contribution in [0.2, 0.25) is 0 Å². The van der Waals surface area contributed by atoms with Crippen LogP contribution < -0.4 is 4.74 Å². The van der Waals surface area contributed by atoms with Gasteiger partial charge in [0.15, 0.2) is 11.4 Å². The second-order valence-electron chi connectivity index (χ2n) is 7.13. The number of rotatable bonds is 2. The molecule has 4 heteroatoms. The van der Waals surface area contributed by atoms with Crippen molar-refractivity contribution in [3.05, 3.63) is 71.5 Å². The Hall–Kier alpha value is -2.33. The second kappa shape index (κ2) is 5.09. The van der Waals surface area contributed by atoms with E-state index < -0.39 is 11.7 Å². The molecule has 0 unspecified atom stereocenters. The summed E-state index contributed by atoms with van der Waals surface area (Å²) in [6, 6.07) is 11.9. The molecule has 0 amide bonds. The highest BCUT2D eigenvalue weighted by molar-refractivity contribution is 5.64. The van der Waals surface area contributed by atoms with Crippen molar-refractivity contribution in [1.29, 1.82) is 0 Å². The number of ether oxygens (including phenoxy) is 1. The van der Waals surface area contributed by atoms with E-state index in [1.54, 1.807) is 0 Å². The number of benzene rings is 1. The summed E-state index contributed by atoms with van der Waals surface area (Å²) in [6.45, 7) is 4.04. The molecule has 1 aliphatic heterocycles. The van der Waals surface area contributed by atoms with Gasteiger partial charge >= 0.3 is 0 Å². The largest absolute Gasteiger partial charge is 0.481 e. The highest BCUT2D eigenvalue weighted by Gasteiger charge is 2.52. The van der Waals surface area contributed by atoms with Gasteiger partial charge in [0, 0.05) is 17.5 Å². The SMILES string of the molecule is Cc1nc2c3c(ccn2c1C)[C@](O)(C1CC1)[C][C@H](c1ccccc1)O3. The molecule has 25 heavy (non-hydrogen) atoms. The summed E-state index contributed by atoms with van der Waals surface area (Å²) >= 11 is 0. The van der Waals surface area contributed by atoms with Crippen molar-refractivity contribution < 1.29 is 9.84 Å². The first kappa shape index (κ1) is 15.0. The molecule has 4 nitrogen and oxygen atoms in total. The maximum Gasteiger partial charge on any atom is 0.180 e. The Morgan fingerprint density at radius 3 is 2.68 bits per heavy atom. The van der Waals surface area contributed by atoms with Gasteiger partial charge in [-0.15, -0.1) is 0 Å². The summed E-state index contributed by atoms with van der Waals surface area (Å²) < 4.78 is 8.36. The van der Waals surface area contributed by atoms with Gasteiger partial charge in [0.25, 0.3) is 0 Å². The molecule has 2 aromatic heterocycles. The number of nitrogens with zero attached hydrogens (tertiary/aromatic N) is 2. The highest BCUT2D eigenvalue weighted by atomic mass is 16.5. The Balaban J connectivity index is 1.73. The Morgan fingerprint density at radius 1 is 1.20 bits per heavy atom. The van der Waals surface area contributed by atoms with Gasteiger partial charge in [0.1, 0.15) is 11.7 Å². The summed E-state index contributed by atoms with van der Waals surface area (Å²) in [7, 11) is 0. The molecule has 1 aromatic carbocycles. The lowest BCUT2D eigenvalue weighted by atomic mass is 9.80. The fourth-order valence-corrected chi connectivity index (χ4v) is 3.77. The van der Waals surface area contributed by atoms with Gasteiger partial charge in [-0.3, -0.25) is 0 Å². The minimum atomic E-state index is -1.08. The predicted molar refractivity (Wildman–Crippen MR) is 94.3 cm³/mol. The smallest absolute Gasteiger partial charge is 0.180 e. The van der Waals surface area contributed by atoms with E-state index in [9.17, 15) is 5.11 Å². The Bertz CT molecular complexity index is 959. The Kier molecular flexibility index (Phi) is 3.04. The van der Waals surface area contributed by atoms with E-state index >= 15 is 0 Å². The van der Waals surface area contributed by atoms with E-state index in [0.29, 0.717) is 5.75 Å². The third kappa shape index (κ3) is 2.13. The first-order valence-electron chi connectivity index (χ1n) is 8.78. The van der Waals surface area contributed by atoms with Crippen LogP contribution in [0.4, 0.5) is 0 Å². The molecule has 0 bridgehead atoms. The van der Waals surface area contributed by atoms with E-state index in [1.807, 2.05) is 60.8 Å². The van der Waals surface area contributed by atoms with Crippen LogP contribution in [0.15, 0.2) is 42.6 Å².